The molecule has 9 nitrogen and oxygen atoms in total. The molecule has 0 aromatic carbocycles. The summed E-state index contributed by atoms with van der Waals surface area (Å²) >= 11 is 0. The van der Waals surface area contributed by atoms with Gasteiger partial charge in [0.1, 0.15) is 5.54 Å². The van der Waals surface area contributed by atoms with Crippen LogP contribution in [0.4, 0.5) is 17.8 Å². The van der Waals surface area contributed by atoms with Crippen molar-refractivity contribution in [2.75, 3.05) is 55.5 Å². The minimum Gasteiger partial charge on any atom is -0.394 e. The fraction of sp³-hybridized carbons (Fsp3) is 0.750. The van der Waals surface area contributed by atoms with E-state index in [-0.39, 0.29) is 5.95 Å². The van der Waals surface area contributed by atoms with E-state index in [2.05, 4.69) is 25.6 Å². The van der Waals surface area contributed by atoms with Crippen LogP contribution in [0.25, 0.3) is 0 Å². The summed E-state index contributed by atoms with van der Waals surface area (Å²) in [6.45, 7) is 0.439. The van der Waals surface area contributed by atoms with E-state index in [1.54, 1.807) is 7.05 Å². The number of nitrogens with zero attached hydrogens (tertiary/aromatic N) is 4. The topological polar surface area (TPSA) is 127 Å². The molecule has 0 radical (unpaired) electrons. The maximum Gasteiger partial charge on any atom is 0.231 e. The van der Waals surface area contributed by atoms with Gasteiger partial charge in [0.05, 0.1) is 19.8 Å². The van der Waals surface area contributed by atoms with Crippen LogP contribution < -0.4 is 15.5 Å². The van der Waals surface area contributed by atoms with Crippen molar-refractivity contribution in [3.63, 3.8) is 0 Å². The van der Waals surface area contributed by atoms with Crippen molar-refractivity contribution in [3.8, 4) is 0 Å². The zero-order chi connectivity index (χ0) is 15.3. The number of aliphatic hydroxyl groups is 3. The molecule has 0 aliphatic carbocycles. The van der Waals surface area contributed by atoms with Crippen molar-refractivity contribution < 1.29 is 15.3 Å². The molecular weight excluding hydrogens is 276 g/mol. The first-order valence-corrected chi connectivity index (χ1v) is 6.96. The van der Waals surface area contributed by atoms with Gasteiger partial charge in [-0.2, -0.15) is 15.0 Å². The van der Waals surface area contributed by atoms with Crippen molar-refractivity contribution in [1.29, 1.82) is 0 Å². The van der Waals surface area contributed by atoms with E-state index in [1.165, 1.54) is 0 Å². The minimum atomic E-state index is -1.27. The van der Waals surface area contributed by atoms with Crippen LogP contribution in [0, 0.1) is 0 Å². The van der Waals surface area contributed by atoms with Gasteiger partial charge in [0, 0.05) is 20.1 Å². The number of rotatable bonds is 7. The van der Waals surface area contributed by atoms with Crippen molar-refractivity contribution in [1.82, 2.24) is 15.0 Å². The Labute approximate surface area is 123 Å². The number of aromatic nitrogens is 3. The van der Waals surface area contributed by atoms with Gasteiger partial charge in [0.15, 0.2) is 0 Å². The molecule has 1 aliphatic heterocycles. The lowest BCUT2D eigenvalue weighted by Crippen LogP contribution is -2.49. The molecule has 1 aromatic heterocycles. The Hall–Kier alpha value is -1.71. The summed E-state index contributed by atoms with van der Waals surface area (Å²) in [5.74, 6) is 1.13. The summed E-state index contributed by atoms with van der Waals surface area (Å²) in [6, 6.07) is 0. The Balaban J connectivity index is 2.27. The highest BCUT2D eigenvalue weighted by atomic mass is 16.3. The molecule has 1 saturated heterocycles. The summed E-state index contributed by atoms with van der Waals surface area (Å²) in [4.78, 5) is 14.8. The first-order chi connectivity index (χ1) is 10.2. The fourth-order valence-electron chi connectivity index (χ4n) is 2.10. The Morgan fingerprint density at radius 3 is 2.10 bits per heavy atom. The van der Waals surface area contributed by atoms with Crippen molar-refractivity contribution in [3.05, 3.63) is 0 Å². The average molecular weight is 298 g/mol. The van der Waals surface area contributed by atoms with Crippen LogP contribution in [-0.4, -0.2) is 75.8 Å². The van der Waals surface area contributed by atoms with E-state index in [0.717, 1.165) is 25.9 Å². The quantitative estimate of drug-likeness (QED) is 0.415. The average Bonchev–Trinajstić information content (AvgIpc) is 3.07. The largest absolute Gasteiger partial charge is 0.394 e. The van der Waals surface area contributed by atoms with Gasteiger partial charge >= 0.3 is 0 Å². The minimum absolute atomic E-state index is 0.202. The lowest BCUT2D eigenvalue weighted by Gasteiger charge is -2.29. The molecule has 1 aliphatic rings. The highest BCUT2D eigenvalue weighted by molar-refractivity contribution is 5.45. The Kier molecular flexibility index (Phi) is 5.10. The summed E-state index contributed by atoms with van der Waals surface area (Å²) < 4.78 is 0. The summed E-state index contributed by atoms with van der Waals surface area (Å²) in [6.07, 6.45) is 2.19. The molecule has 0 saturated carbocycles. The molecule has 0 amide bonds. The van der Waals surface area contributed by atoms with E-state index < -0.39 is 25.4 Å². The lowest BCUT2D eigenvalue weighted by atomic mass is 10.0. The maximum absolute atomic E-state index is 9.37. The standard InChI is InChI=1S/C12H22N6O3/c1-13-9-14-10(17-12(6-19,7-20)8-21)16-11(15-9)18-4-2-3-5-18/h19-21H,2-8H2,1H3,(H2,13,14,15,16,17). The van der Waals surface area contributed by atoms with Crippen LogP contribution in [0.5, 0.6) is 0 Å². The SMILES string of the molecule is CNc1nc(NC(CO)(CO)CO)nc(N2CCCC2)n1. The molecule has 21 heavy (non-hydrogen) atoms. The zero-order valence-corrected chi connectivity index (χ0v) is 12.1. The van der Waals surface area contributed by atoms with Gasteiger partial charge in [0.25, 0.3) is 0 Å². The van der Waals surface area contributed by atoms with Crippen LogP contribution in [-0.2, 0) is 0 Å². The van der Waals surface area contributed by atoms with Gasteiger partial charge < -0.3 is 30.9 Å². The number of nitrogens with one attached hydrogen (secondary N) is 2. The van der Waals surface area contributed by atoms with Gasteiger partial charge in [-0.3, -0.25) is 0 Å². The second kappa shape index (κ2) is 6.83. The molecule has 0 bridgehead atoms. The number of hydrogen-bond donors (Lipinski definition) is 5. The maximum atomic E-state index is 9.37. The van der Waals surface area contributed by atoms with Gasteiger partial charge in [-0.1, -0.05) is 0 Å². The third kappa shape index (κ3) is 3.49. The smallest absolute Gasteiger partial charge is 0.231 e. The Bertz CT molecular complexity index is 454. The van der Waals surface area contributed by atoms with Gasteiger partial charge in [-0.05, 0) is 12.8 Å². The molecule has 0 unspecified atom stereocenters. The van der Waals surface area contributed by atoms with E-state index in [4.69, 9.17) is 0 Å². The second-order valence-corrected chi connectivity index (χ2v) is 5.11. The number of anilines is 3. The molecule has 0 spiro atoms. The first kappa shape index (κ1) is 15.7. The molecule has 2 heterocycles. The Morgan fingerprint density at radius 1 is 1.00 bits per heavy atom. The predicted octanol–water partition coefficient (Wildman–Crippen LogP) is -1.36. The first-order valence-electron chi connectivity index (χ1n) is 6.96. The Morgan fingerprint density at radius 2 is 1.57 bits per heavy atom. The van der Waals surface area contributed by atoms with Crippen molar-refractivity contribution >= 4 is 17.8 Å². The lowest BCUT2D eigenvalue weighted by molar-refractivity contribution is 0.0828. The van der Waals surface area contributed by atoms with Gasteiger partial charge in [0.2, 0.25) is 17.8 Å². The fourth-order valence-corrected chi connectivity index (χ4v) is 2.10. The van der Waals surface area contributed by atoms with Crippen LogP contribution in [0.2, 0.25) is 0 Å². The number of hydrogen-bond acceptors (Lipinski definition) is 9. The molecule has 5 N–H and O–H groups in total. The molecule has 118 valence electrons. The monoisotopic (exact) mass is 298 g/mol. The zero-order valence-electron chi connectivity index (χ0n) is 12.1. The number of aliphatic hydroxyl groups excluding tert-OH is 3. The summed E-state index contributed by atoms with van der Waals surface area (Å²) in [5, 5.41) is 33.8. The molecular formula is C12H22N6O3. The summed E-state index contributed by atoms with van der Waals surface area (Å²) in [5.41, 5.74) is -1.27. The molecule has 1 fully saturated rings. The third-order valence-electron chi connectivity index (χ3n) is 3.52. The van der Waals surface area contributed by atoms with Gasteiger partial charge in [-0.25, -0.2) is 0 Å². The van der Waals surface area contributed by atoms with E-state index >= 15 is 0 Å². The summed E-state index contributed by atoms with van der Waals surface area (Å²) in [7, 11) is 1.70. The highest BCUT2D eigenvalue weighted by Crippen LogP contribution is 2.20. The molecule has 0 atom stereocenters. The van der Waals surface area contributed by atoms with Crippen LogP contribution in [0.3, 0.4) is 0 Å². The van der Waals surface area contributed by atoms with E-state index in [9.17, 15) is 15.3 Å². The van der Waals surface area contributed by atoms with Crippen LogP contribution in [0.1, 0.15) is 12.8 Å². The van der Waals surface area contributed by atoms with Crippen molar-refractivity contribution in [2.24, 2.45) is 0 Å². The predicted molar refractivity (Wildman–Crippen MR) is 78.4 cm³/mol. The molecule has 1 aromatic rings. The van der Waals surface area contributed by atoms with E-state index in [1.807, 2.05) is 4.90 Å². The van der Waals surface area contributed by atoms with Gasteiger partial charge in [-0.15, -0.1) is 0 Å². The van der Waals surface area contributed by atoms with Crippen molar-refractivity contribution in [2.45, 2.75) is 18.4 Å². The van der Waals surface area contributed by atoms with Crippen LogP contribution >= 0.6 is 0 Å². The van der Waals surface area contributed by atoms with Crippen LogP contribution in [0.15, 0.2) is 0 Å². The van der Waals surface area contributed by atoms with E-state index in [0.29, 0.717) is 11.9 Å². The molecule has 2 rings (SSSR count). The highest BCUT2D eigenvalue weighted by Gasteiger charge is 2.29. The normalized spacial score (nSPS) is 15.3. The second-order valence-electron chi connectivity index (χ2n) is 5.11. The third-order valence-corrected chi connectivity index (χ3v) is 3.52. The molecule has 9 heteroatoms.